The number of aromatic nitrogens is 1. The summed E-state index contributed by atoms with van der Waals surface area (Å²) in [5.74, 6) is -28.6. The molecule has 0 radical (unpaired) electrons. The van der Waals surface area contributed by atoms with Crippen LogP contribution >= 0.6 is 0 Å². The molecule has 0 bridgehead atoms. The third-order valence-electron chi connectivity index (χ3n) is 7.15. The Morgan fingerprint density at radius 2 is 1.50 bits per heavy atom. The molecule has 3 atom stereocenters. The van der Waals surface area contributed by atoms with Gasteiger partial charge in [-0.25, -0.2) is 0 Å². The number of nitrogens with one attached hydrogen (secondary N) is 2. The van der Waals surface area contributed by atoms with Crippen LogP contribution in [0.3, 0.4) is 0 Å². The van der Waals surface area contributed by atoms with Crippen LogP contribution in [0.4, 0.5) is 39.5 Å². The Bertz CT molecular complexity index is 1190. The van der Waals surface area contributed by atoms with Crippen molar-refractivity contribution in [3.63, 3.8) is 0 Å². The number of aryl methyl sites for hydroxylation is 1. The van der Waals surface area contributed by atoms with Gasteiger partial charge in [-0.05, 0) is 42.7 Å². The van der Waals surface area contributed by atoms with Gasteiger partial charge in [-0.1, -0.05) is 33.8 Å². The first-order valence-corrected chi connectivity index (χ1v) is 13.6. The smallest absolute Gasteiger partial charge is 0.344 e. The van der Waals surface area contributed by atoms with Crippen LogP contribution in [0.2, 0.25) is 0 Å². The van der Waals surface area contributed by atoms with E-state index in [2.05, 4.69) is 10.3 Å². The van der Waals surface area contributed by atoms with Gasteiger partial charge >= 0.3 is 23.9 Å². The summed E-state index contributed by atoms with van der Waals surface area (Å²) in [5.41, 5.74) is 0.756. The van der Waals surface area contributed by atoms with Gasteiger partial charge in [-0.15, -0.1) is 0 Å². The molecule has 2 rings (SSSR count). The lowest BCUT2D eigenvalue weighted by atomic mass is 9.90. The van der Waals surface area contributed by atoms with Crippen LogP contribution < -0.4 is 10.6 Å². The fraction of sp³-hybridized carbons (Fsp3) is 0.667. The summed E-state index contributed by atoms with van der Waals surface area (Å²) >= 11 is 0. The maximum atomic E-state index is 14.4. The number of Topliss-reactive ketones (excluding diaryl/α,β-unsaturated/α-hetero) is 1. The number of hydrogen-bond donors (Lipinski definition) is 2. The average molecular weight is 649 g/mol. The number of pyridine rings is 1. The molecule has 1 saturated heterocycles. The molecule has 1 aliphatic rings. The summed E-state index contributed by atoms with van der Waals surface area (Å²) in [6, 6.07) is -1.81. The summed E-state index contributed by atoms with van der Waals surface area (Å²) in [5, 5.41) is 4.32. The summed E-state index contributed by atoms with van der Waals surface area (Å²) in [4.78, 5) is 56.4. The number of nitrogens with zero attached hydrogens (tertiary/aromatic N) is 2. The number of likely N-dealkylation sites (tertiary alicyclic amines) is 1. The molecule has 0 spiro atoms. The van der Waals surface area contributed by atoms with E-state index < -0.39 is 77.4 Å². The molecule has 1 fully saturated rings. The van der Waals surface area contributed by atoms with E-state index in [4.69, 9.17) is 0 Å². The van der Waals surface area contributed by atoms with Crippen LogP contribution in [0.1, 0.15) is 52.5 Å². The third kappa shape index (κ3) is 7.62. The first-order chi connectivity index (χ1) is 20.1. The first-order valence-electron chi connectivity index (χ1n) is 13.6. The summed E-state index contributed by atoms with van der Waals surface area (Å²) in [6.07, 6.45) is -3.63. The number of amides is 3. The quantitative estimate of drug-likeness (QED) is 0.310. The number of ketones is 1. The number of carbonyl (C=O) groups excluding carboxylic acids is 4. The van der Waals surface area contributed by atoms with E-state index in [1.807, 2.05) is 0 Å². The molecule has 248 valence electrons. The highest BCUT2D eigenvalue weighted by atomic mass is 19.4. The van der Waals surface area contributed by atoms with Gasteiger partial charge in [-0.3, -0.25) is 24.2 Å². The molecule has 0 saturated carbocycles. The lowest BCUT2D eigenvalue weighted by Gasteiger charge is -2.36. The maximum absolute atomic E-state index is 14.4. The van der Waals surface area contributed by atoms with Crippen LogP contribution in [0, 0.1) is 11.8 Å². The highest BCUT2D eigenvalue weighted by Gasteiger charge is 2.84. The summed E-state index contributed by atoms with van der Waals surface area (Å²) < 4.78 is 121. The van der Waals surface area contributed by atoms with Crippen LogP contribution in [0.5, 0.6) is 0 Å². The molecule has 1 aliphatic heterocycles. The second-order valence-electron chi connectivity index (χ2n) is 11.2. The topological polar surface area (TPSA) is 108 Å². The Morgan fingerprint density at radius 1 is 0.909 bits per heavy atom. The number of alkyl halides is 9. The monoisotopic (exact) mass is 648 g/mol. The fourth-order valence-corrected chi connectivity index (χ4v) is 4.55. The number of halogens is 9. The van der Waals surface area contributed by atoms with Gasteiger partial charge in [0.15, 0.2) is 0 Å². The third-order valence-corrected chi connectivity index (χ3v) is 7.15. The van der Waals surface area contributed by atoms with E-state index in [-0.39, 0.29) is 25.8 Å². The highest BCUT2D eigenvalue weighted by Crippen LogP contribution is 2.53. The second kappa shape index (κ2) is 13.7. The zero-order valence-corrected chi connectivity index (χ0v) is 24.2. The minimum atomic E-state index is -7.28. The maximum Gasteiger partial charge on any atom is 0.460 e. The minimum absolute atomic E-state index is 0.0173. The molecule has 1 unspecified atom stereocenters. The van der Waals surface area contributed by atoms with E-state index >= 15 is 0 Å². The molecule has 1 aromatic heterocycles. The van der Waals surface area contributed by atoms with Crippen LogP contribution in [0.15, 0.2) is 24.5 Å². The summed E-state index contributed by atoms with van der Waals surface area (Å²) in [7, 11) is 0. The molecule has 2 N–H and O–H groups in total. The van der Waals surface area contributed by atoms with E-state index in [0.717, 1.165) is 24.3 Å². The largest absolute Gasteiger partial charge is 0.460 e. The van der Waals surface area contributed by atoms with Gasteiger partial charge < -0.3 is 15.5 Å². The zero-order valence-electron chi connectivity index (χ0n) is 24.2. The first kappa shape index (κ1) is 36.8. The van der Waals surface area contributed by atoms with Crippen molar-refractivity contribution in [2.45, 2.75) is 95.4 Å². The number of rotatable bonds is 13. The van der Waals surface area contributed by atoms with Gasteiger partial charge in [0, 0.05) is 25.4 Å². The zero-order chi connectivity index (χ0) is 33.8. The Balaban J connectivity index is 2.22. The van der Waals surface area contributed by atoms with E-state index in [0.29, 0.717) is 6.42 Å². The Labute approximate surface area is 247 Å². The number of carbonyl (C=O) groups is 4. The molecular formula is C27H33F9N4O4. The molecule has 0 aromatic carbocycles. The molecule has 3 amide bonds. The Kier molecular flexibility index (Phi) is 11.5. The molecule has 44 heavy (non-hydrogen) atoms. The fourth-order valence-electron chi connectivity index (χ4n) is 4.55. The van der Waals surface area contributed by atoms with Crippen molar-refractivity contribution in [3.05, 3.63) is 30.1 Å². The molecule has 0 aliphatic carbocycles. The van der Waals surface area contributed by atoms with Crippen molar-refractivity contribution in [1.29, 1.82) is 0 Å². The van der Waals surface area contributed by atoms with Crippen molar-refractivity contribution >= 4 is 23.5 Å². The molecule has 1 aromatic rings. The van der Waals surface area contributed by atoms with Crippen molar-refractivity contribution in [2.24, 2.45) is 11.8 Å². The van der Waals surface area contributed by atoms with Crippen molar-refractivity contribution in [2.75, 3.05) is 6.54 Å². The average Bonchev–Trinajstić information content (AvgIpc) is 3.42. The summed E-state index contributed by atoms with van der Waals surface area (Å²) in [6.45, 7) is 5.07. The van der Waals surface area contributed by atoms with Gasteiger partial charge in [0.05, 0.1) is 6.04 Å². The van der Waals surface area contributed by atoms with Crippen LogP contribution in [-0.4, -0.2) is 82.0 Å². The van der Waals surface area contributed by atoms with Crippen molar-refractivity contribution in [1.82, 2.24) is 20.5 Å². The molecular weight excluding hydrogens is 615 g/mol. The molecule has 17 heteroatoms. The van der Waals surface area contributed by atoms with Gasteiger partial charge in [0.25, 0.3) is 0 Å². The Morgan fingerprint density at radius 3 is 2.00 bits per heavy atom. The lowest BCUT2D eigenvalue weighted by molar-refractivity contribution is -0.388. The van der Waals surface area contributed by atoms with Gasteiger partial charge in [0.2, 0.25) is 23.5 Å². The van der Waals surface area contributed by atoms with Gasteiger partial charge in [-0.2, -0.15) is 39.5 Å². The van der Waals surface area contributed by atoms with E-state index in [1.54, 1.807) is 43.7 Å². The van der Waals surface area contributed by atoms with E-state index in [9.17, 15) is 58.7 Å². The van der Waals surface area contributed by atoms with Gasteiger partial charge in [0.1, 0.15) is 12.1 Å². The normalized spacial score (nSPS) is 17.9. The van der Waals surface area contributed by atoms with Crippen molar-refractivity contribution in [3.8, 4) is 0 Å². The molecule has 2 heterocycles. The second-order valence-corrected chi connectivity index (χ2v) is 11.2. The highest BCUT2D eigenvalue weighted by molar-refractivity contribution is 5.97. The predicted molar refractivity (Wildman–Crippen MR) is 137 cm³/mol. The standard InChI is InChI=1S/C27H33F9N4O4/c1-14(2)19(21(42)24(28,29)25(30,31)26(32,33)27(34,35)36)39-22(43)17-8-6-12-40(17)23(44)20(15(3)4)38-18(41)10-9-16-7-5-11-37-13-16/h5,7,11,13-15,17,19-20H,6,8-10,12H2,1-4H3,(H,38,41)(H,39,43)/t17-,19?,20-/m0/s1. The minimum Gasteiger partial charge on any atom is -0.344 e. The molecule has 8 nitrogen and oxygen atoms in total. The SMILES string of the molecule is CC(C)C(NC(=O)[C@@H]1CCCN1C(=O)[C@@H](NC(=O)CCc1cccnc1)C(C)C)C(=O)C(F)(F)C(F)(F)C(F)(F)C(F)(F)F. The van der Waals surface area contributed by atoms with Crippen LogP contribution in [0.25, 0.3) is 0 Å². The van der Waals surface area contributed by atoms with Crippen LogP contribution in [-0.2, 0) is 25.6 Å². The number of hydrogen-bond acceptors (Lipinski definition) is 5. The Hall–Kier alpha value is -3.40. The lowest BCUT2D eigenvalue weighted by Crippen LogP contribution is -2.67. The van der Waals surface area contributed by atoms with Crippen molar-refractivity contribution < 1.29 is 58.7 Å². The van der Waals surface area contributed by atoms with E-state index in [1.165, 1.54) is 0 Å². The predicted octanol–water partition coefficient (Wildman–Crippen LogP) is 4.32.